The molecule has 94 valence electrons. The highest BCUT2D eigenvalue weighted by molar-refractivity contribution is 4.83. The Balaban J connectivity index is 1.71. The Morgan fingerprint density at radius 1 is 0.938 bits per heavy atom. The van der Waals surface area contributed by atoms with E-state index in [1.54, 1.807) is 0 Å². The second kappa shape index (κ2) is 6.02. The van der Waals surface area contributed by atoms with Crippen LogP contribution < -0.4 is 11.1 Å². The third-order valence-corrected chi connectivity index (χ3v) is 4.63. The fourth-order valence-electron chi connectivity index (χ4n) is 3.43. The van der Waals surface area contributed by atoms with E-state index in [4.69, 9.17) is 5.73 Å². The normalized spacial score (nSPS) is 34.9. The minimum atomic E-state index is 0.475. The molecule has 0 spiro atoms. The van der Waals surface area contributed by atoms with Crippen LogP contribution in [0.4, 0.5) is 0 Å². The lowest BCUT2D eigenvalue weighted by Gasteiger charge is -2.34. The van der Waals surface area contributed by atoms with E-state index in [0.29, 0.717) is 6.04 Å². The Morgan fingerprint density at radius 2 is 1.56 bits per heavy atom. The van der Waals surface area contributed by atoms with Gasteiger partial charge in [-0.15, -0.1) is 0 Å². The molecule has 1 atom stereocenters. The number of hydrogen-bond acceptors (Lipinski definition) is 2. The molecule has 0 aliphatic heterocycles. The van der Waals surface area contributed by atoms with Crippen molar-refractivity contribution in [1.29, 1.82) is 0 Å². The summed E-state index contributed by atoms with van der Waals surface area (Å²) < 4.78 is 0. The number of hydrogen-bond donors (Lipinski definition) is 2. The minimum absolute atomic E-state index is 0.475. The summed E-state index contributed by atoms with van der Waals surface area (Å²) >= 11 is 0. The molecular weight excluding hydrogens is 196 g/mol. The van der Waals surface area contributed by atoms with Crippen LogP contribution in [-0.4, -0.2) is 18.1 Å². The number of rotatable bonds is 3. The predicted octanol–water partition coefficient (Wildman–Crippen LogP) is 2.81. The molecule has 2 nitrogen and oxygen atoms in total. The zero-order valence-corrected chi connectivity index (χ0v) is 10.8. The van der Waals surface area contributed by atoms with Crippen molar-refractivity contribution in [2.45, 2.75) is 82.8 Å². The van der Waals surface area contributed by atoms with Gasteiger partial charge in [0, 0.05) is 18.1 Å². The van der Waals surface area contributed by atoms with Crippen LogP contribution >= 0.6 is 0 Å². The Bertz CT molecular complexity index is 191. The van der Waals surface area contributed by atoms with Gasteiger partial charge in [-0.05, 0) is 51.4 Å². The molecule has 0 heterocycles. The molecule has 2 fully saturated rings. The van der Waals surface area contributed by atoms with Crippen LogP contribution in [0.25, 0.3) is 0 Å². The van der Waals surface area contributed by atoms with Crippen LogP contribution in [0, 0.1) is 5.92 Å². The van der Waals surface area contributed by atoms with Gasteiger partial charge in [-0.25, -0.2) is 0 Å². The van der Waals surface area contributed by atoms with E-state index >= 15 is 0 Å². The SMILES string of the molecule is C[C@@H](NC1CCC(N)CC1)C1CCCCC1. The molecule has 0 aromatic heterocycles. The molecule has 0 aromatic carbocycles. The van der Waals surface area contributed by atoms with Crippen molar-refractivity contribution in [3.8, 4) is 0 Å². The summed E-state index contributed by atoms with van der Waals surface area (Å²) in [4.78, 5) is 0. The van der Waals surface area contributed by atoms with Crippen LogP contribution in [0.15, 0.2) is 0 Å². The first-order valence-corrected chi connectivity index (χ1v) is 7.27. The summed E-state index contributed by atoms with van der Waals surface area (Å²) in [5.41, 5.74) is 5.94. The second-order valence-corrected chi connectivity index (χ2v) is 5.97. The average Bonchev–Trinajstić information content (AvgIpc) is 2.33. The Labute approximate surface area is 100 Å². The van der Waals surface area contributed by atoms with Crippen molar-refractivity contribution in [2.75, 3.05) is 0 Å². The van der Waals surface area contributed by atoms with E-state index in [2.05, 4.69) is 12.2 Å². The molecular formula is C14H28N2. The van der Waals surface area contributed by atoms with E-state index in [1.165, 1.54) is 57.8 Å². The highest BCUT2D eigenvalue weighted by Crippen LogP contribution is 2.27. The van der Waals surface area contributed by atoms with Crippen molar-refractivity contribution in [3.63, 3.8) is 0 Å². The first kappa shape index (κ1) is 12.4. The van der Waals surface area contributed by atoms with Gasteiger partial charge in [-0.2, -0.15) is 0 Å². The largest absolute Gasteiger partial charge is 0.328 e. The number of nitrogens with two attached hydrogens (primary N) is 1. The van der Waals surface area contributed by atoms with Crippen molar-refractivity contribution in [2.24, 2.45) is 11.7 Å². The van der Waals surface area contributed by atoms with Gasteiger partial charge in [0.2, 0.25) is 0 Å². The van der Waals surface area contributed by atoms with Crippen LogP contribution in [-0.2, 0) is 0 Å². The summed E-state index contributed by atoms with van der Waals surface area (Å²) in [5.74, 6) is 0.935. The molecule has 2 heteroatoms. The Hall–Kier alpha value is -0.0800. The van der Waals surface area contributed by atoms with Crippen molar-refractivity contribution in [3.05, 3.63) is 0 Å². The van der Waals surface area contributed by atoms with Crippen LogP contribution in [0.5, 0.6) is 0 Å². The molecule has 2 rings (SSSR count). The van der Waals surface area contributed by atoms with Crippen molar-refractivity contribution >= 4 is 0 Å². The van der Waals surface area contributed by atoms with Gasteiger partial charge in [-0.1, -0.05) is 19.3 Å². The minimum Gasteiger partial charge on any atom is -0.328 e. The third-order valence-electron chi connectivity index (χ3n) is 4.63. The fourth-order valence-corrected chi connectivity index (χ4v) is 3.43. The molecule has 0 unspecified atom stereocenters. The summed E-state index contributed by atoms with van der Waals surface area (Å²) in [7, 11) is 0. The molecule has 2 aliphatic rings. The lowest BCUT2D eigenvalue weighted by molar-refractivity contribution is 0.238. The number of nitrogens with one attached hydrogen (secondary N) is 1. The maximum Gasteiger partial charge on any atom is 0.00708 e. The van der Waals surface area contributed by atoms with E-state index in [1.807, 2.05) is 0 Å². The smallest absolute Gasteiger partial charge is 0.00708 e. The first-order valence-electron chi connectivity index (χ1n) is 7.27. The molecule has 0 radical (unpaired) electrons. The lowest BCUT2D eigenvalue weighted by Crippen LogP contribution is -2.44. The second-order valence-electron chi connectivity index (χ2n) is 5.97. The summed E-state index contributed by atoms with van der Waals surface area (Å²) in [6.45, 7) is 2.39. The third kappa shape index (κ3) is 3.46. The Morgan fingerprint density at radius 3 is 2.19 bits per heavy atom. The maximum absolute atomic E-state index is 5.94. The van der Waals surface area contributed by atoms with Crippen molar-refractivity contribution < 1.29 is 0 Å². The molecule has 0 amide bonds. The van der Waals surface area contributed by atoms with E-state index in [0.717, 1.165) is 18.0 Å². The quantitative estimate of drug-likeness (QED) is 0.773. The van der Waals surface area contributed by atoms with Gasteiger partial charge >= 0.3 is 0 Å². The monoisotopic (exact) mass is 224 g/mol. The van der Waals surface area contributed by atoms with Crippen LogP contribution in [0.3, 0.4) is 0 Å². The fraction of sp³-hybridized carbons (Fsp3) is 1.00. The molecule has 2 saturated carbocycles. The topological polar surface area (TPSA) is 38.0 Å². The Kier molecular flexibility index (Phi) is 4.66. The molecule has 0 aromatic rings. The van der Waals surface area contributed by atoms with Gasteiger partial charge in [0.25, 0.3) is 0 Å². The van der Waals surface area contributed by atoms with Gasteiger partial charge in [0.15, 0.2) is 0 Å². The highest BCUT2D eigenvalue weighted by atomic mass is 15.0. The van der Waals surface area contributed by atoms with Crippen molar-refractivity contribution in [1.82, 2.24) is 5.32 Å². The standard InChI is InChI=1S/C14H28N2/c1-11(12-5-3-2-4-6-12)16-14-9-7-13(15)8-10-14/h11-14,16H,2-10,15H2,1H3/t11-,13?,14?/m1/s1. The molecule has 3 N–H and O–H groups in total. The predicted molar refractivity (Wildman–Crippen MR) is 69.4 cm³/mol. The van der Waals surface area contributed by atoms with Crippen LogP contribution in [0.2, 0.25) is 0 Å². The lowest BCUT2D eigenvalue weighted by atomic mass is 9.83. The van der Waals surface area contributed by atoms with Crippen LogP contribution in [0.1, 0.15) is 64.7 Å². The maximum atomic E-state index is 5.94. The van der Waals surface area contributed by atoms with Gasteiger partial charge in [0.1, 0.15) is 0 Å². The summed E-state index contributed by atoms with van der Waals surface area (Å²) in [6, 6.07) is 1.94. The van der Waals surface area contributed by atoms with Gasteiger partial charge in [0.05, 0.1) is 0 Å². The van der Waals surface area contributed by atoms with E-state index in [9.17, 15) is 0 Å². The van der Waals surface area contributed by atoms with E-state index < -0.39 is 0 Å². The van der Waals surface area contributed by atoms with Gasteiger partial charge in [-0.3, -0.25) is 0 Å². The summed E-state index contributed by atoms with van der Waals surface area (Å²) in [6.07, 6.45) is 12.3. The molecule has 16 heavy (non-hydrogen) atoms. The first-order chi connectivity index (χ1) is 7.75. The van der Waals surface area contributed by atoms with E-state index in [-0.39, 0.29) is 0 Å². The highest BCUT2D eigenvalue weighted by Gasteiger charge is 2.24. The molecule has 0 bridgehead atoms. The zero-order valence-electron chi connectivity index (χ0n) is 10.8. The molecule has 2 aliphatic carbocycles. The summed E-state index contributed by atoms with van der Waals surface area (Å²) in [5, 5.41) is 3.85. The zero-order chi connectivity index (χ0) is 11.4. The van der Waals surface area contributed by atoms with Gasteiger partial charge < -0.3 is 11.1 Å². The average molecular weight is 224 g/mol. The molecule has 0 saturated heterocycles.